The normalized spacial score (nSPS) is 26.7. The van der Waals surface area contributed by atoms with Crippen molar-refractivity contribution in [3.8, 4) is 0 Å². The van der Waals surface area contributed by atoms with Crippen LogP contribution in [-0.4, -0.2) is 72.4 Å². The molecule has 0 spiro atoms. The molecule has 1 unspecified atom stereocenters. The lowest BCUT2D eigenvalue weighted by atomic mass is 10.00. The van der Waals surface area contributed by atoms with Crippen LogP contribution >= 0.6 is 0 Å². The number of aliphatic carboxylic acids is 1. The summed E-state index contributed by atoms with van der Waals surface area (Å²) < 4.78 is 5.07. The van der Waals surface area contributed by atoms with Crippen LogP contribution in [0.1, 0.15) is 19.8 Å². The van der Waals surface area contributed by atoms with Crippen molar-refractivity contribution in [2.75, 3.05) is 39.9 Å². The molecule has 1 atom stereocenters. The van der Waals surface area contributed by atoms with Gasteiger partial charge in [-0.2, -0.15) is 0 Å². The number of methoxy groups -OCH3 is 1. The second kappa shape index (κ2) is 4.92. The zero-order valence-electron chi connectivity index (χ0n) is 10.7. The van der Waals surface area contributed by atoms with Gasteiger partial charge in [0.1, 0.15) is 5.54 Å². The zero-order chi connectivity index (χ0) is 12.5. The van der Waals surface area contributed by atoms with E-state index < -0.39 is 11.5 Å². The Morgan fingerprint density at radius 1 is 1.35 bits per heavy atom. The number of carboxylic acids is 1. The molecule has 0 aromatic carbocycles. The minimum Gasteiger partial charge on any atom is -0.480 e. The molecule has 1 saturated heterocycles. The zero-order valence-corrected chi connectivity index (χ0v) is 10.7. The fourth-order valence-electron chi connectivity index (χ4n) is 2.59. The molecule has 0 amide bonds. The minimum atomic E-state index is -0.885. The molecular formula is C12H22N2O3. The van der Waals surface area contributed by atoms with E-state index in [2.05, 4.69) is 4.90 Å². The lowest BCUT2D eigenvalue weighted by Crippen LogP contribution is -2.61. The molecule has 1 N–H and O–H groups in total. The number of rotatable bonds is 5. The van der Waals surface area contributed by atoms with Crippen molar-refractivity contribution in [1.82, 2.24) is 9.80 Å². The van der Waals surface area contributed by atoms with Crippen molar-refractivity contribution in [2.24, 2.45) is 0 Å². The van der Waals surface area contributed by atoms with E-state index in [1.165, 1.54) is 12.8 Å². The quantitative estimate of drug-likeness (QED) is 0.749. The number of hydrogen-bond acceptors (Lipinski definition) is 4. The Morgan fingerprint density at radius 3 is 2.35 bits per heavy atom. The summed E-state index contributed by atoms with van der Waals surface area (Å²) in [6.45, 7) is 5.61. The molecular weight excluding hydrogens is 220 g/mol. The van der Waals surface area contributed by atoms with E-state index in [1.54, 1.807) is 14.0 Å². The molecule has 1 saturated carbocycles. The Balaban J connectivity index is 1.94. The van der Waals surface area contributed by atoms with E-state index in [1.807, 2.05) is 4.90 Å². The summed E-state index contributed by atoms with van der Waals surface area (Å²) in [6, 6.07) is 0.774. The molecule has 2 rings (SSSR count). The first-order valence-electron chi connectivity index (χ1n) is 6.29. The Kier molecular flexibility index (Phi) is 3.70. The van der Waals surface area contributed by atoms with Gasteiger partial charge in [-0.25, -0.2) is 0 Å². The van der Waals surface area contributed by atoms with Crippen LogP contribution in [0.4, 0.5) is 0 Å². The van der Waals surface area contributed by atoms with Gasteiger partial charge < -0.3 is 9.84 Å². The molecule has 2 fully saturated rings. The van der Waals surface area contributed by atoms with Gasteiger partial charge in [-0.05, 0) is 19.8 Å². The summed E-state index contributed by atoms with van der Waals surface area (Å²) in [6.07, 6.45) is 2.63. The summed E-state index contributed by atoms with van der Waals surface area (Å²) in [4.78, 5) is 15.9. The van der Waals surface area contributed by atoms with E-state index in [-0.39, 0.29) is 6.61 Å². The van der Waals surface area contributed by atoms with E-state index in [4.69, 9.17) is 4.74 Å². The third-order valence-corrected chi connectivity index (χ3v) is 3.96. The van der Waals surface area contributed by atoms with Crippen LogP contribution in [0, 0.1) is 0 Å². The summed E-state index contributed by atoms with van der Waals surface area (Å²) in [7, 11) is 1.56. The highest BCUT2D eigenvalue weighted by Gasteiger charge is 2.42. The first kappa shape index (κ1) is 12.8. The Labute approximate surface area is 102 Å². The second-order valence-corrected chi connectivity index (χ2v) is 5.27. The van der Waals surface area contributed by atoms with Gasteiger partial charge in [0.2, 0.25) is 0 Å². The molecule has 0 bridgehead atoms. The summed E-state index contributed by atoms with van der Waals surface area (Å²) in [5.41, 5.74) is -0.885. The molecule has 5 nitrogen and oxygen atoms in total. The topological polar surface area (TPSA) is 53.0 Å². The van der Waals surface area contributed by atoms with Crippen LogP contribution in [0.3, 0.4) is 0 Å². The van der Waals surface area contributed by atoms with Gasteiger partial charge in [0.25, 0.3) is 0 Å². The number of hydrogen-bond donors (Lipinski definition) is 1. The van der Waals surface area contributed by atoms with Crippen molar-refractivity contribution < 1.29 is 14.6 Å². The van der Waals surface area contributed by atoms with Crippen molar-refractivity contribution in [1.29, 1.82) is 0 Å². The van der Waals surface area contributed by atoms with Gasteiger partial charge in [-0.3, -0.25) is 14.6 Å². The second-order valence-electron chi connectivity index (χ2n) is 5.27. The average molecular weight is 242 g/mol. The van der Waals surface area contributed by atoms with Crippen LogP contribution in [-0.2, 0) is 9.53 Å². The van der Waals surface area contributed by atoms with Crippen LogP contribution in [0.2, 0.25) is 0 Å². The minimum absolute atomic E-state index is 0.242. The molecule has 1 aliphatic heterocycles. The van der Waals surface area contributed by atoms with Gasteiger partial charge in [0.05, 0.1) is 6.61 Å². The smallest absolute Gasteiger partial charge is 0.326 e. The molecule has 5 heteroatoms. The summed E-state index contributed by atoms with van der Waals surface area (Å²) in [5, 5.41) is 9.37. The molecule has 0 aromatic heterocycles. The van der Waals surface area contributed by atoms with Gasteiger partial charge in [-0.15, -0.1) is 0 Å². The predicted molar refractivity (Wildman–Crippen MR) is 64.1 cm³/mol. The summed E-state index contributed by atoms with van der Waals surface area (Å²) >= 11 is 0. The number of nitrogens with zero attached hydrogens (tertiary/aromatic N) is 2. The highest BCUT2D eigenvalue weighted by atomic mass is 16.5. The maximum Gasteiger partial charge on any atom is 0.326 e. The lowest BCUT2D eigenvalue weighted by Gasteiger charge is -2.43. The fraction of sp³-hybridized carbons (Fsp3) is 0.917. The molecule has 1 heterocycles. The number of carboxylic acid groups (broad SMARTS) is 1. The lowest BCUT2D eigenvalue weighted by molar-refractivity contribution is -0.155. The van der Waals surface area contributed by atoms with Crippen LogP contribution < -0.4 is 0 Å². The highest BCUT2D eigenvalue weighted by molar-refractivity contribution is 5.78. The number of carbonyl (C=O) groups is 1. The maximum absolute atomic E-state index is 11.4. The fourth-order valence-corrected chi connectivity index (χ4v) is 2.59. The average Bonchev–Trinajstić information content (AvgIpc) is 3.13. The molecule has 0 aromatic rings. The van der Waals surface area contributed by atoms with Gasteiger partial charge >= 0.3 is 5.97 Å². The molecule has 17 heavy (non-hydrogen) atoms. The summed E-state index contributed by atoms with van der Waals surface area (Å²) in [5.74, 6) is -0.792. The van der Waals surface area contributed by atoms with Crippen molar-refractivity contribution in [3.05, 3.63) is 0 Å². The van der Waals surface area contributed by atoms with E-state index in [9.17, 15) is 9.90 Å². The van der Waals surface area contributed by atoms with Crippen LogP contribution in [0.25, 0.3) is 0 Å². The SMILES string of the molecule is COCC(C)(C(=O)O)N1CCN(C2CC2)CC1. The van der Waals surface area contributed by atoms with Crippen molar-refractivity contribution in [3.63, 3.8) is 0 Å². The molecule has 0 radical (unpaired) electrons. The molecule has 1 aliphatic carbocycles. The number of ether oxygens (including phenoxy) is 1. The van der Waals surface area contributed by atoms with Crippen molar-refractivity contribution in [2.45, 2.75) is 31.3 Å². The first-order chi connectivity index (χ1) is 8.08. The standard InChI is InChI=1S/C12H22N2O3/c1-12(9-17-2,11(15)16)14-7-5-13(6-8-14)10-3-4-10/h10H,3-9H2,1-2H3,(H,15,16). The Hall–Kier alpha value is -0.650. The third kappa shape index (κ3) is 2.61. The first-order valence-corrected chi connectivity index (χ1v) is 6.29. The largest absolute Gasteiger partial charge is 0.480 e. The third-order valence-electron chi connectivity index (χ3n) is 3.96. The van der Waals surface area contributed by atoms with Gasteiger partial charge in [-0.1, -0.05) is 0 Å². The monoisotopic (exact) mass is 242 g/mol. The van der Waals surface area contributed by atoms with E-state index in [0.29, 0.717) is 0 Å². The van der Waals surface area contributed by atoms with E-state index in [0.717, 1.165) is 32.2 Å². The predicted octanol–water partition coefficient (Wildman–Crippen LogP) is 0.256. The van der Waals surface area contributed by atoms with Gasteiger partial charge in [0, 0.05) is 39.3 Å². The number of piperazine rings is 1. The Bertz CT molecular complexity index is 285. The van der Waals surface area contributed by atoms with Gasteiger partial charge in [0.15, 0.2) is 0 Å². The van der Waals surface area contributed by atoms with Crippen LogP contribution in [0.5, 0.6) is 0 Å². The molecule has 98 valence electrons. The molecule has 2 aliphatic rings. The van der Waals surface area contributed by atoms with Crippen LogP contribution in [0.15, 0.2) is 0 Å². The highest BCUT2D eigenvalue weighted by Crippen LogP contribution is 2.29. The Morgan fingerprint density at radius 2 is 1.94 bits per heavy atom. The van der Waals surface area contributed by atoms with Crippen molar-refractivity contribution >= 4 is 5.97 Å². The maximum atomic E-state index is 11.4. The van der Waals surface area contributed by atoms with E-state index >= 15 is 0 Å².